The smallest absolute Gasteiger partial charge is 0.410 e. The monoisotopic (exact) mass is 283 g/mol. The third-order valence-corrected chi connectivity index (χ3v) is 3.71. The summed E-state index contributed by atoms with van der Waals surface area (Å²) in [5.74, 6) is 0.649. The van der Waals surface area contributed by atoms with Crippen LogP contribution < -0.4 is 5.32 Å². The summed E-state index contributed by atoms with van der Waals surface area (Å²) in [5.41, 5.74) is -1.95. The third kappa shape index (κ3) is 6.42. The number of amides is 1. The van der Waals surface area contributed by atoms with E-state index in [1.807, 2.05) is 0 Å². The van der Waals surface area contributed by atoms with Crippen molar-refractivity contribution in [2.75, 3.05) is 0 Å². The molecule has 4 heteroatoms. The highest BCUT2D eigenvalue weighted by atomic mass is 16.6. The van der Waals surface area contributed by atoms with Crippen LogP contribution in [0.5, 0.6) is 0 Å². The predicted octanol–water partition coefficient (Wildman–Crippen LogP) is 3.75. The minimum absolute atomic E-state index is 0.487. The van der Waals surface area contributed by atoms with Crippen LogP contribution in [-0.2, 0) is 4.74 Å². The fourth-order valence-electron chi connectivity index (χ4n) is 2.60. The lowest BCUT2D eigenvalue weighted by molar-refractivity contribution is 0.00555. The first kappa shape index (κ1) is 17.0. The Hall–Kier alpha value is -1.03. The van der Waals surface area contributed by atoms with Crippen molar-refractivity contribution < 1.29 is 14.6 Å². The van der Waals surface area contributed by atoms with E-state index in [2.05, 4.69) is 11.9 Å². The molecule has 0 saturated heterocycles. The molecule has 0 radical (unpaired) electrons. The molecule has 0 aromatic rings. The maximum Gasteiger partial charge on any atom is 0.410 e. The van der Waals surface area contributed by atoms with Gasteiger partial charge in [-0.1, -0.05) is 38.7 Å². The molecule has 1 aliphatic rings. The van der Waals surface area contributed by atoms with Crippen molar-refractivity contribution in [3.05, 3.63) is 12.7 Å². The zero-order valence-corrected chi connectivity index (χ0v) is 13.1. The summed E-state index contributed by atoms with van der Waals surface area (Å²) >= 11 is 0. The van der Waals surface area contributed by atoms with Crippen molar-refractivity contribution in [3.8, 4) is 0 Å². The molecule has 20 heavy (non-hydrogen) atoms. The van der Waals surface area contributed by atoms with E-state index in [0.717, 1.165) is 6.42 Å². The normalized spacial score (nSPS) is 20.0. The van der Waals surface area contributed by atoms with Crippen LogP contribution in [0.4, 0.5) is 4.79 Å². The lowest BCUT2D eigenvalue weighted by Crippen LogP contribution is -2.48. The molecule has 0 aromatic heterocycles. The van der Waals surface area contributed by atoms with Gasteiger partial charge >= 0.3 is 6.09 Å². The maximum atomic E-state index is 11.7. The van der Waals surface area contributed by atoms with Gasteiger partial charge in [-0.3, -0.25) is 5.32 Å². The fourth-order valence-corrected chi connectivity index (χ4v) is 2.60. The van der Waals surface area contributed by atoms with E-state index >= 15 is 0 Å². The van der Waals surface area contributed by atoms with Gasteiger partial charge in [-0.2, -0.15) is 0 Å². The van der Waals surface area contributed by atoms with E-state index in [4.69, 9.17) is 4.74 Å². The molecule has 0 spiro atoms. The van der Waals surface area contributed by atoms with Gasteiger partial charge in [-0.15, -0.1) is 0 Å². The number of hydrogen-bond acceptors (Lipinski definition) is 3. The summed E-state index contributed by atoms with van der Waals surface area (Å²) in [4.78, 5) is 11.7. The van der Waals surface area contributed by atoms with Gasteiger partial charge in [0.1, 0.15) is 5.60 Å². The second-order valence-corrected chi connectivity index (χ2v) is 6.80. The lowest BCUT2D eigenvalue weighted by atomic mass is 9.84. The van der Waals surface area contributed by atoms with Crippen molar-refractivity contribution in [1.29, 1.82) is 0 Å². The number of rotatable bonds is 5. The minimum Gasteiger partial charge on any atom is -0.444 e. The number of alkyl carbamates (subject to hydrolysis) is 1. The molecule has 0 heterocycles. The second kappa shape index (κ2) is 7.11. The molecular weight excluding hydrogens is 254 g/mol. The molecule has 0 aliphatic heterocycles. The molecule has 0 bridgehead atoms. The van der Waals surface area contributed by atoms with E-state index in [-0.39, 0.29) is 0 Å². The van der Waals surface area contributed by atoms with Crippen LogP contribution >= 0.6 is 0 Å². The Labute approximate surface area is 122 Å². The zero-order valence-electron chi connectivity index (χ0n) is 13.1. The van der Waals surface area contributed by atoms with E-state index in [9.17, 15) is 9.90 Å². The Morgan fingerprint density at radius 3 is 2.45 bits per heavy atom. The molecule has 4 nitrogen and oxygen atoms in total. The molecule has 2 N–H and O–H groups in total. The van der Waals surface area contributed by atoms with Gasteiger partial charge in [-0.05, 0) is 45.6 Å². The first-order chi connectivity index (χ1) is 9.24. The summed E-state index contributed by atoms with van der Waals surface area (Å²) in [5, 5.41) is 12.9. The Balaban J connectivity index is 2.44. The Morgan fingerprint density at radius 1 is 1.35 bits per heavy atom. The van der Waals surface area contributed by atoms with Gasteiger partial charge in [-0.25, -0.2) is 4.79 Å². The summed E-state index contributed by atoms with van der Waals surface area (Å²) in [6.45, 7) is 9.01. The molecule has 1 atom stereocenters. The van der Waals surface area contributed by atoms with Crippen molar-refractivity contribution >= 4 is 6.09 Å². The number of nitrogens with one attached hydrogen (secondary N) is 1. The minimum atomic E-state index is -1.38. The average Bonchev–Trinajstić information content (AvgIpc) is 2.35. The van der Waals surface area contributed by atoms with E-state index < -0.39 is 17.4 Å². The SMILES string of the molecule is C=C[C@](O)(CCC1CCCCC1)NC(=O)OC(C)(C)C. The summed E-state index contributed by atoms with van der Waals surface area (Å²) in [6.07, 6.45) is 8.48. The quantitative estimate of drug-likeness (QED) is 0.597. The second-order valence-electron chi connectivity index (χ2n) is 6.80. The molecule has 0 unspecified atom stereocenters. The maximum absolute atomic E-state index is 11.7. The predicted molar refractivity (Wildman–Crippen MR) is 80.3 cm³/mol. The van der Waals surface area contributed by atoms with Gasteiger partial charge in [0.15, 0.2) is 5.72 Å². The number of carbonyl (C=O) groups is 1. The van der Waals surface area contributed by atoms with Gasteiger partial charge in [0.05, 0.1) is 0 Å². The third-order valence-electron chi connectivity index (χ3n) is 3.71. The molecular formula is C16H29NO3. The Kier molecular flexibility index (Phi) is 6.06. The van der Waals surface area contributed by atoms with E-state index in [0.29, 0.717) is 12.3 Å². The van der Waals surface area contributed by atoms with Crippen LogP contribution in [0.1, 0.15) is 65.7 Å². The van der Waals surface area contributed by atoms with E-state index in [1.54, 1.807) is 20.8 Å². The molecule has 116 valence electrons. The lowest BCUT2D eigenvalue weighted by Gasteiger charge is -2.30. The fraction of sp³-hybridized carbons (Fsp3) is 0.812. The van der Waals surface area contributed by atoms with Crippen LogP contribution in [0.3, 0.4) is 0 Å². The highest BCUT2D eigenvalue weighted by Gasteiger charge is 2.29. The molecule has 1 fully saturated rings. The zero-order chi connectivity index (χ0) is 15.2. The highest BCUT2D eigenvalue weighted by Crippen LogP contribution is 2.29. The summed E-state index contributed by atoms with van der Waals surface area (Å²) < 4.78 is 5.17. The topological polar surface area (TPSA) is 58.6 Å². The van der Waals surface area contributed by atoms with Gasteiger partial charge in [0.25, 0.3) is 0 Å². The number of ether oxygens (including phenoxy) is 1. The van der Waals surface area contributed by atoms with Crippen LogP contribution in [-0.4, -0.2) is 22.5 Å². The van der Waals surface area contributed by atoms with Crippen LogP contribution in [0.25, 0.3) is 0 Å². The van der Waals surface area contributed by atoms with Gasteiger partial charge in [0.2, 0.25) is 0 Å². The molecule has 1 amide bonds. The summed E-state index contributed by atoms with van der Waals surface area (Å²) in [7, 11) is 0. The summed E-state index contributed by atoms with van der Waals surface area (Å²) in [6, 6.07) is 0. The number of hydrogen-bond donors (Lipinski definition) is 2. The number of carbonyl (C=O) groups excluding carboxylic acids is 1. The van der Waals surface area contributed by atoms with Crippen molar-refractivity contribution in [2.45, 2.75) is 77.0 Å². The highest BCUT2D eigenvalue weighted by molar-refractivity contribution is 5.68. The van der Waals surface area contributed by atoms with Crippen LogP contribution in [0.15, 0.2) is 12.7 Å². The molecule has 1 rings (SSSR count). The molecule has 1 saturated carbocycles. The van der Waals surface area contributed by atoms with Crippen molar-refractivity contribution in [3.63, 3.8) is 0 Å². The van der Waals surface area contributed by atoms with Crippen LogP contribution in [0.2, 0.25) is 0 Å². The molecule has 1 aliphatic carbocycles. The largest absolute Gasteiger partial charge is 0.444 e. The Morgan fingerprint density at radius 2 is 1.95 bits per heavy atom. The van der Waals surface area contributed by atoms with Gasteiger partial charge in [0, 0.05) is 0 Å². The average molecular weight is 283 g/mol. The van der Waals surface area contributed by atoms with Gasteiger partial charge < -0.3 is 9.84 Å². The number of aliphatic hydroxyl groups is 1. The standard InChI is InChI=1S/C16H29NO3/c1-5-16(19,17-14(18)20-15(2,3)4)12-11-13-9-7-6-8-10-13/h5,13,19H,1,6-12H2,2-4H3,(H,17,18)/t16-/m0/s1. The van der Waals surface area contributed by atoms with Crippen molar-refractivity contribution in [2.24, 2.45) is 5.92 Å². The Bertz CT molecular complexity index is 329. The first-order valence-electron chi connectivity index (χ1n) is 7.61. The van der Waals surface area contributed by atoms with E-state index in [1.165, 1.54) is 38.2 Å². The molecule has 0 aromatic carbocycles. The first-order valence-corrected chi connectivity index (χ1v) is 7.61. The van der Waals surface area contributed by atoms with Crippen LogP contribution in [0, 0.1) is 5.92 Å². The van der Waals surface area contributed by atoms with Crippen molar-refractivity contribution in [1.82, 2.24) is 5.32 Å².